The van der Waals surface area contributed by atoms with Gasteiger partial charge in [0, 0.05) is 16.1 Å². The zero-order chi connectivity index (χ0) is 13.3. The Bertz CT molecular complexity index is 548. The number of aliphatic hydroxyl groups is 1. The molecule has 0 radical (unpaired) electrons. The molecule has 1 aromatic heterocycles. The highest BCUT2D eigenvalue weighted by atomic mass is 79.9. The van der Waals surface area contributed by atoms with Gasteiger partial charge in [-0.25, -0.2) is 4.39 Å². The number of benzene rings is 1. The molecule has 0 aliphatic carbocycles. The van der Waals surface area contributed by atoms with E-state index in [2.05, 4.69) is 26.1 Å². The average Bonchev–Trinajstić information content (AvgIpc) is 2.71. The number of halogens is 2. The molecule has 6 heteroatoms. The van der Waals surface area contributed by atoms with Gasteiger partial charge in [-0.05, 0) is 32.0 Å². The Hall–Kier alpha value is -1.27. The van der Waals surface area contributed by atoms with Crippen LogP contribution in [-0.2, 0) is 6.61 Å². The Balaban J connectivity index is 2.60. The SMILES string of the molecule is CC(C)n1c(CO)nnc1-c1cc(F)cc(Br)c1. The van der Waals surface area contributed by atoms with Crippen LogP contribution in [0.1, 0.15) is 25.7 Å². The molecule has 4 nitrogen and oxygen atoms in total. The van der Waals surface area contributed by atoms with Gasteiger partial charge in [0.25, 0.3) is 0 Å². The van der Waals surface area contributed by atoms with E-state index in [1.54, 1.807) is 10.6 Å². The molecule has 1 heterocycles. The molecular weight excluding hydrogens is 301 g/mol. The highest BCUT2D eigenvalue weighted by molar-refractivity contribution is 9.10. The van der Waals surface area contributed by atoms with Crippen molar-refractivity contribution < 1.29 is 9.50 Å². The third-order valence-electron chi connectivity index (χ3n) is 2.54. The molecule has 1 aromatic carbocycles. The summed E-state index contributed by atoms with van der Waals surface area (Å²) in [5, 5.41) is 17.2. The molecule has 1 N–H and O–H groups in total. The van der Waals surface area contributed by atoms with Gasteiger partial charge < -0.3 is 9.67 Å². The van der Waals surface area contributed by atoms with Gasteiger partial charge in [0.15, 0.2) is 11.6 Å². The monoisotopic (exact) mass is 313 g/mol. The molecule has 0 aliphatic rings. The van der Waals surface area contributed by atoms with E-state index in [1.807, 2.05) is 13.8 Å². The molecule has 0 amide bonds. The summed E-state index contributed by atoms with van der Waals surface area (Å²) >= 11 is 3.25. The van der Waals surface area contributed by atoms with Crippen molar-refractivity contribution in [3.63, 3.8) is 0 Å². The number of rotatable bonds is 3. The maximum Gasteiger partial charge on any atom is 0.164 e. The Morgan fingerprint density at radius 1 is 1.33 bits per heavy atom. The summed E-state index contributed by atoms with van der Waals surface area (Å²) in [6.07, 6.45) is 0. The van der Waals surface area contributed by atoms with Crippen molar-refractivity contribution in [2.45, 2.75) is 26.5 Å². The van der Waals surface area contributed by atoms with E-state index in [-0.39, 0.29) is 18.5 Å². The van der Waals surface area contributed by atoms with Crippen LogP contribution in [0.15, 0.2) is 22.7 Å². The number of aromatic nitrogens is 3. The van der Waals surface area contributed by atoms with Crippen LogP contribution in [0.3, 0.4) is 0 Å². The average molecular weight is 314 g/mol. The summed E-state index contributed by atoms with van der Waals surface area (Å²) in [7, 11) is 0. The zero-order valence-electron chi connectivity index (χ0n) is 10.1. The molecule has 0 aliphatic heterocycles. The fraction of sp³-hybridized carbons (Fsp3) is 0.333. The molecule has 0 saturated carbocycles. The van der Waals surface area contributed by atoms with Crippen LogP contribution in [0, 0.1) is 5.82 Å². The quantitative estimate of drug-likeness (QED) is 0.948. The summed E-state index contributed by atoms with van der Waals surface area (Å²) in [6.45, 7) is 3.72. The lowest BCUT2D eigenvalue weighted by Crippen LogP contribution is -2.08. The van der Waals surface area contributed by atoms with E-state index in [9.17, 15) is 9.50 Å². The Kier molecular flexibility index (Phi) is 3.77. The van der Waals surface area contributed by atoms with Crippen LogP contribution >= 0.6 is 15.9 Å². The van der Waals surface area contributed by atoms with Crippen molar-refractivity contribution in [2.75, 3.05) is 0 Å². The maximum atomic E-state index is 13.4. The fourth-order valence-electron chi connectivity index (χ4n) is 1.85. The van der Waals surface area contributed by atoms with Crippen LogP contribution in [0.5, 0.6) is 0 Å². The first-order valence-corrected chi connectivity index (χ1v) is 6.33. The first-order chi connectivity index (χ1) is 8.52. The molecule has 2 rings (SSSR count). The second kappa shape index (κ2) is 5.16. The van der Waals surface area contributed by atoms with Crippen LogP contribution in [0.25, 0.3) is 11.4 Å². The summed E-state index contributed by atoms with van der Waals surface area (Å²) in [5.41, 5.74) is 0.628. The fourth-order valence-corrected chi connectivity index (χ4v) is 2.32. The maximum absolute atomic E-state index is 13.4. The zero-order valence-corrected chi connectivity index (χ0v) is 11.6. The molecule has 0 bridgehead atoms. The second-order valence-corrected chi connectivity index (χ2v) is 5.14. The van der Waals surface area contributed by atoms with E-state index in [0.29, 0.717) is 21.7 Å². The van der Waals surface area contributed by atoms with Gasteiger partial charge in [-0.15, -0.1) is 10.2 Å². The second-order valence-electron chi connectivity index (χ2n) is 4.22. The minimum Gasteiger partial charge on any atom is -0.388 e. The molecule has 2 aromatic rings. The van der Waals surface area contributed by atoms with Gasteiger partial charge in [0.05, 0.1) is 0 Å². The first-order valence-electron chi connectivity index (χ1n) is 5.54. The minimum absolute atomic E-state index is 0.0826. The lowest BCUT2D eigenvalue weighted by Gasteiger charge is -2.13. The van der Waals surface area contributed by atoms with E-state index in [4.69, 9.17) is 0 Å². The van der Waals surface area contributed by atoms with Gasteiger partial charge in [0.2, 0.25) is 0 Å². The van der Waals surface area contributed by atoms with Crippen molar-refractivity contribution in [2.24, 2.45) is 0 Å². The van der Waals surface area contributed by atoms with Gasteiger partial charge in [0.1, 0.15) is 12.4 Å². The van der Waals surface area contributed by atoms with Crippen molar-refractivity contribution in [1.29, 1.82) is 0 Å². The molecule has 96 valence electrons. The smallest absolute Gasteiger partial charge is 0.164 e. The molecular formula is C12H13BrFN3O. The van der Waals surface area contributed by atoms with Crippen LogP contribution in [0.2, 0.25) is 0 Å². The van der Waals surface area contributed by atoms with E-state index >= 15 is 0 Å². The molecule has 0 fully saturated rings. The summed E-state index contributed by atoms with van der Waals surface area (Å²) in [5.74, 6) is 0.679. The van der Waals surface area contributed by atoms with Crippen molar-refractivity contribution >= 4 is 15.9 Å². The largest absolute Gasteiger partial charge is 0.388 e. The third kappa shape index (κ3) is 2.44. The van der Waals surface area contributed by atoms with Crippen LogP contribution in [0.4, 0.5) is 4.39 Å². The standard InChI is InChI=1S/C12H13BrFN3O/c1-7(2)17-11(6-18)15-16-12(17)8-3-9(13)5-10(14)4-8/h3-5,7,18H,6H2,1-2H3. The number of nitrogens with zero attached hydrogens (tertiary/aromatic N) is 3. The normalized spacial score (nSPS) is 11.2. The van der Waals surface area contributed by atoms with Gasteiger partial charge in [-0.3, -0.25) is 0 Å². The Morgan fingerprint density at radius 2 is 2.06 bits per heavy atom. The van der Waals surface area contributed by atoms with Crippen molar-refractivity contribution in [1.82, 2.24) is 14.8 Å². The lowest BCUT2D eigenvalue weighted by molar-refractivity contribution is 0.262. The van der Waals surface area contributed by atoms with Crippen molar-refractivity contribution in [3.05, 3.63) is 34.3 Å². The summed E-state index contributed by atoms with van der Waals surface area (Å²) in [6, 6.07) is 4.63. The van der Waals surface area contributed by atoms with Gasteiger partial charge in [-0.2, -0.15) is 0 Å². The Labute approximate surface area is 113 Å². The first kappa shape index (κ1) is 13.2. The highest BCUT2D eigenvalue weighted by Gasteiger charge is 2.16. The van der Waals surface area contributed by atoms with E-state index in [1.165, 1.54) is 12.1 Å². The number of hydrogen-bond acceptors (Lipinski definition) is 3. The Morgan fingerprint density at radius 3 is 2.61 bits per heavy atom. The van der Waals surface area contributed by atoms with Gasteiger partial charge >= 0.3 is 0 Å². The predicted molar refractivity (Wildman–Crippen MR) is 69.4 cm³/mol. The molecule has 18 heavy (non-hydrogen) atoms. The summed E-state index contributed by atoms with van der Waals surface area (Å²) in [4.78, 5) is 0. The third-order valence-corrected chi connectivity index (χ3v) is 3.00. The van der Waals surface area contributed by atoms with E-state index < -0.39 is 0 Å². The molecule has 0 unspecified atom stereocenters. The highest BCUT2D eigenvalue weighted by Crippen LogP contribution is 2.26. The van der Waals surface area contributed by atoms with Crippen molar-refractivity contribution in [3.8, 4) is 11.4 Å². The number of aliphatic hydroxyl groups excluding tert-OH is 1. The molecule has 0 saturated heterocycles. The van der Waals surface area contributed by atoms with Crippen LogP contribution < -0.4 is 0 Å². The van der Waals surface area contributed by atoms with Gasteiger partial charge in [-0.1, -0.05) is 15.9 Å². The number of hydrogen-bond donors (Lipinski definition) is 1. The summed E-state index contributed by atoms with van der Waals surface area (Å²) < 4.78 is 15.8. The molecule has 0 spiro atoms. The van der Waals surface area contributed by atoms with E-state index in [0.717, 1.165) is 0 Å². The predicted octanol–water partition coefficient (Wildman–Crippen LogP) is 2.92. The molecule has 0 atom stereocenters. The lowest BCUT2D eigenvalue weighted by atomic mass is 10.2. The minimum atomic E-state index is -0.344. The van der Waals surface area contributed by atoms with Crippen LogP contribution in [-0.4, -0.2) is 19.9 Å². The topological polar surface area (TPSA) is 50.9 Å².